The van der Waals surface area contributed by atoms with Gasteiger partial charge in [0.2, 0.25) is 0 Å². The van der Waals surface area contributed by atoms with Crippen LogP contribution in [0.25, 0.3) is 0 Å². The van der Waals surface area contributed by atoms with Gasteiger partial charge in [-0.1, -0.05) is 0 Å². The molecule has 4 N–H and O–H groups in total. The first-order chi connectivity index (χ1) is 11.0. The second-order valence-electron chi connectivity index (χ2n) is 5.15. The third-order valence-electron chi connectivity index (χ3n) is 3.27. The Morgan fingerprint density at radius 3 is 2.58 bits per heavy atom. The van der Waals surface area contributed by atoms with Crippen LogP contribution in [0.1, 0.15) is 12.7 Å². The van der Waals surface area contributed by atoms with Crippen molar-refractivity contribution in [3.05, 3.63) is 42.4 Å². The molecule has 0 aliphatic heterocycles. The summed E-state index contributed by atoms with van der Waals surface area (Å²) < 4.78 is 15.6. The number of halogens is 1. The second-order valence-corrected chi connectivity index (χ2v) is 5.15. The summed E-state index contributed by atoms with van der Waals surface area (Å²) in [7, 11) is 3.12. The fourth-order valence-corrected chi connectivity index (χ4v) is 2.00. The van der Waals surface area contributed by atoms with E-state index in [-0.39, 0.29) is 36.5 Å². The van der Waals surface area contributed by atoms with Gasteiger partial charge in [0.1, 0.15) is 11.4 Å². The zero-order valence-electron chi connectivity index (χ0n) is 13.8. The zero-order valence-corrected chi connectivity index (χ0v) is 16.1. The molecule has 1 atom stereocenters. The Bertz CT molecular complexity index is 672. The molecule has 0 bridgehead atoms. The zero-order chi connectivity index (χ0) is 16.9. The van der Waals surface area contributed by atoms with E-state index >= 15 is 0 Å². The molecule has 0 spiro atoms. The van der Waals surface area contributed by atoms with Crippen molar-refractivity contribution in [1.29, 1.82) is 0 Å². The van der Waals surface area contributed by atoms with Gasteiger partial charge in [-0.05, 0) is 31.2 Å². The van der Waals surface area contributed by atoms with Crippen LogP contribution in [0.3, 0.4) is 0 Å². The second kappa shape index (κ2) is 8.78. The largest absolute Gasteiger partial charge is 0.493 e. The van der Waals surface area contributed by atoms with Crippen LogP contribution in [-0.2, 0) is 5.60 Å². The summed E-state index contributed by atoms with van der Waals surface area (Å²) in [5.41, 5.74) is 5.32. The highest BCUT2D eigenvalue weighted by Gasteiger charge is 2.25. The Morgan fingerprint density at radius 1 is 1.29 bits per heavy atom. The minimum atomic E-state index is -1.23. The number of hydrogen-bond acceptors (Lipinski definition) is 5. The molecule has 0 radical (unpaired) electrons. The van der Waals surface area contributed by atoms with Crippen LogP contribution in [0.5, 0.6) is 11.5 Å². The number of methoxy groups -OCH3 is 2. The number of nitrogens with two attached hydrogens (primary N) is 1. The molecular weight excluding hydrogens is 425 g/mol. The molecular formula is C16H22IN3O4. The normalized spacial score (nSPS) is 13.6. The van der Waals surface area contributed by atoms with Gasteiger partial charge >= 0.3 is 0 Å². The molecule has 0 aliphatic carbocycles. The van der Waals surface area contributed by atoms with E-state index in [4.69, 9.17) is 19.6 Å². The van der Waals surface area contributed by atoms with Crippen LogP contribution in [-0.4, -0.2) is 31.8 Å². The minimum absolute atomic E-state index is 0. The lowest BCUT2D eigenvalue weighted by Gasteiger charge is -2.18. The summed E-state index contributed by atoms with van der Waals surface area (Å²) in [5.74, 6) is 1.80. The third-order valence-corrected chi connectivity index (χ3v) is 3.27. The molecule has 0 saturated carbocycles. The fraction of sp³-hybridized carbons (Fsp3) is 0.312. The number of guanidine groups is 1. The van der Waals surface area contributed by atoms with Crippen LogP contribution in [0.2, 0.25) is 0 Å². The van der Waals surface area contributed by atoms with E-state index in [9.17, 15) is 5.11 Å². The molecule has 0 aliphatic rings. The Hall–Kier alpha value is -1.94. The molecule has 0 saturated heterocycles. The molecule has 7 nitrogen and oxygen atoms in total. The van der Waals surface area contributed by atoms with Gasteiger partial charge in [-0.15, -0.1) is 24.0 Å². The van der Waals surface area contributed by atoms with Crippen molar-refractivity contribution in [3.63, 3.8) is 0 Å². The monoisotopic (exact) mass is 447 g/mol. The van der Waals surface area contributed by atoms with E-state index in [1.54, 1.807) is 51.5 Å². The summed E-state index contributed by atoms with van der Waals surface area (Å²) in [6.07, 6.45) is 1.50. The average Bonchev–Trinajstić information content (AvgIpc) is 3.08. The average molecular weight is 447 g/mol. The number of rotatable bonds is 6. The lowest BCUT2D eigenvalue weighted by Crippen LogP contribution is -2.29. The van der Waals surface area contributed by atoms with Crippen molar-refractivity contribution in [2.45, 2.75) is 12.5 Å². The Balaban J connectivity index is 0.00000288. The number of benzene rings is 1. The molecule has 1 unspecified atom stereocenters. The molecule has 2 aromatic rings. The first kappa shape index (κ1) is 20.1. The topological polar surface area (TPSA) is 102 Å². The highest BCUT2D eigenvalue weighted by Crippen LogP contribution is 2.29. The number of aliphatic hydroxyl groups is 1. The lowest BCUT2D eigenvalue weighted by atomic mass is 10.0. The van der Waals surface area contributed by atoms with Gasteiger partial charge in [0.15, 0.2) is 17.5 Å². The SMILES string of the molecule is COc1ccc(NC(N)=NCC(C)(O)c2ccco2)cc1OC.I. The predicted octanol–water partition coefficient (Wildman–Crippen LogP) is 2.55. The molecule has 2 rings (SSSR count). The van der Waals surface area contributed by atoms with Crippen molar-refractivity contribution in [3.8, 4) is 11.5 Å². The number of furan rings is 1. The first-order valence-corrected chi connectivity index (χ1v) is 7.01. The molecule has 1 aromatic carbocycles. The van der Waals surface area contributed by atoms with E-state index in [0.29, 0.717) is 22.9 Å². The van der Waals surface area contributed by atoms with Crippen molar-refractivity contribution in [2.75, 3.05) is 26.1 Å². The van der Waals surface area contributed by atoms with Crippen LogP contribution >= 0.6 is 24.0 Å². The molecule has 0 fully saturated rings. The Morgan fingerprint density at radius 2 is 2.00 bits per heavy atom. The maximum atomic E-state index is 10.3. The first-order valence-electron chi connectivity index (χ1n) is 7.01. The van der Waals surface area contributed by atoms with E-state index < -0.39 is 5.60 Å². The maximum absolute atomic E-state index is 10.3. The molecule has 24 heavy (non-hydrogen) atoms. The number of aliphatic imine (C=N–C) groups is 1. The number of ether oxygens (including phenoxy) is 2. The minimum Gasteiger partial charge on any atom is -0.493 e. The standard InChI is InChI=1S/C16H21N3O4.HI/c1-16(20,14-5-4-8-23-14)10-18-15(17)19-11-6-7-12(21-2)13(9-11)22-3;/h4-9,20H,10H2,1-3H3,(H3,17,18,19);1H. The van der Waals surface area contributed by atoms with E-state index in [0.717, 1.165) is 0 Å². The number of hydrogen-bond donors (Lipinski definition) is 3. The third kappa shape index (κ3) is 5.03. The predicted molar refractivity (Wildman–Crippen MR) is 103 cm³/mol. The number of anilines is 1. The molecule has 1 aromatic heterocycles. The van der Waals surface area contributed by atoms with E-state index in [1.165, 1.54) is 6.26 Å². The van der Waals surface area contributed by atoms with Gasteiger partial charge in [0, 0.05) is 11.8 Å². The van der Waals surface area contributed by atoms with Gasteiger partial charge in [-0.3, -0.25) is 0 Å². The highest BCUT2D eigenvalue weighted by atomic mass is 127. The quantitative estimate of drug-likeness (QED) is 0.358. The lowest BCUT2D eigenvalue weighted by molar-refractivity contribution is 0.0438. The van der Waals surface area contributed by atoms with Gasteiger partial charge in [0.25, 0.3) is 0 Å². The summed E-state index contributed by atoms with van der Waals surface area (Å²) in [4.78, 5) is 4.15. The molecule has 0 amide bonds. The Labute approximate surface area is 157 Å². The molecule has 132 valence electrons. The molecule has 1 heterocycles. The van der Waals surface area contributed by atoms with Crippen LogP contribution in [0.15, 0.2) is 46.0 Å². The maximum Gasteiger partial charge on any atom is 0.193 e. The van der Waals surface area contributed by atoms with Gasteiger partial charge in [-0.25, -0.2) is 4.99 Å². The van der Waals surface area contributed by atoms with Crippen molar-refractivity contribution in [2.24, 2.45) is 10.7 Å². The van der Waals surface area contributed by atoms with Gasteiger partial charge in [0.05, 0.1) is 27.0 Å². The van der Waals surface area contributed by atoms with Gasteiger partial charge < -0.3 is 30.0 Å². The van der Waals surface area contributed by atoms with E-state index in [2.05, 4.69) is 10.3 Å². The summed E-state index contributed by atoms with van der Waals surface area (Å²) >= 11 is 0. The van der Waals surface area contributed by atoms with Crippen LogP contribution < -0.4 is 20.5 Å². The van der Waals surface area contributed by atoms with Crippen LogP contribution in [0.4, 0.5) is 5.69 Å². The summed E-state index contributed by atoms with van der Waals surface area (Å²) in [5, 5.41) is 13.3. The van der Waals surface area contributed by atoms with Crippen molar-refractivity contribution in [1.82, 2.24) is 0 Å². The fourth-order valence-electron chi connectivity index (χ4n) is 2.00. The summed E-state index contributed by atoms with van der Waals surface area (Å²) in [6.45, 7) is 1.67. The van der Waals surface area contributed by atoms with Crippen molar-refractivity contribution < 1.29 is 19.0 Å². The number of nitrogens with zero attached hydrogens (tertiary/aromatic N) is 1. The van der Waals surface area contributed by atoms with Gasteiger partial charge in [-0.2, -0.15) is 0 Å². The number of nitrogens with one attached hydrogen (secondary N) is 1. The smallest absolute Gasteiger partial charge is 0.193 e. The summed E-state index contributed by atoms with van der Waals surface area (Å²) in [6, 6.07) is 8.68. The van der Waals surface area contributed by atoms with Crippen LogP contribution in [0, 0.1) is 0 Å². The highest BCUT2D eigenvalue weighted by molar-refractivity contribution is 14.0. The Kier molecular flexibility index (Phi) is 7.36. The van der Waals surface area contributed by atoms with Crippen molar-refractivity contribution >= 4 is 35.6 Å². The van der Waals surface area contributed by atoms with E-state index in [1.807, 2.05) is 0 Å². The molecule has 8 heteroatoms.